The minimum absolute atomic E-state index is 0.183. The van der Waals surface area contributed by atoms with E-state index in [4.69, 9.17) is 0 Å². The molecule has 75 valence electrons. The summed E-state index contributed by atoms with van der Waals surface area (Å²) in [6.45, 7) is 2.94. The van der Waals surface area contributed by atoms with Gasteiger partial charge in [-0.3, -0.25) is 0 Å². The Bertz CT molecular complexity index is 276. The van der Waals surface area contributed by atoms with Crippen LogP contribution in [-0.4, -0.2) is 37.4 Å². The van der Waals surface area contributed by atoms with Gasteiger partial charge in [0, 0.05) is 31.4 Å². The Morgan fingerprint density at radius 1 is 1.57 bits per heavy atom. The Morgan fingerprint density at radius 2 is 2.50 bits per heavy atom. The summed E-state index contributed by atoms with van der Waals surface area (Å²) in [6.07, 6.45) is 0. The second kappa shape index (κ2) is 4.44. The third kappa shape index (κ3) is 1.89. The molecule has 14 heavy (non-hydrogen) atoms. The molecule has 0 aliphatic carbocycles. The van der Waals surface area contributed by atoms with Crippen molar-refractivity contribution in [1.29, 1.82) is 0 Å². The van der Waals surface area contributed by atoms with Gasteiger partial charge in [0.15, 0.2) is 0 Å². The summed E-state index contributed by atoms with van der Waals surface area (Å²) >= 11 is 0. The van der Waals surface area contributed by atoms with Crippen LogP contribution < -0.4 is 10.2 Å². The second-order valence-electron chi connectivity index (χ2n) is 3.48. The zero-order chi connectivity index (χ0) is 9.80. The highest BCUT2D eigenvalue weighted by atomic mass is 16.3. The third-order valence-corrected chi connectivity index (χ3v) is 2.56. The van der Waals surface area contributed by atoms with E-state index in [1.807, 2.05) is 24.3 Å². The molecule has 3 heteroatoms. The van der Waals surface area contributed by atoms with Gasteiger partial charge in [-0.1, -0.05) is 18.2 Å². The Kier molecular flexibility index (Phi) is 3.01. The van der Waals surface area contributed by atoms with Crippen LogP contribution in [0.2, 0.25) is 0 Å². The molecule has 1 aromatic carbocycles. The predicted octanol–water partition coefficient (Wildman–Crippen LogP) is 0.257. The van der Waals surface area contributed by atoms with Crippen molar-refractivity contribution in [3.05, 3.63) is 30.3 Å². The van der Waals surface area contributed by atoms with Gasteiger partial charge in [-0.15, -0.1) is 0 Å². The summed E-state index contributed by atoms with van der Waals surface area (Å²) in [5, 5.41) is 12.5. The van der Waals surface area contributed by atoms with Gasteiger partial charge in [-0.2, -0.15) is 0 Å². The highest BCUT2D eigenvalue weighted by Gasteiger charge is 2.21. The fourth-order valence-corrected chi connectivity index (χ4v) is 1.80. The van der Waals surface area contributed by atoms with Crippen LogP contribution in [0, 0.1) is 6.07 Å². The first-order chi connectivity index (χ1) is 6.92. The average Bonchev–Trinajstić information content (AvgIpc) is 2.30. The van der Waals surface area contributed by atoms with Gasteiger partial charge in [0.25, 0.3) is 0 Å². The van der Waals surface area contributed by atoms with Gasteiger partial charge in [-0.05, 0) is 6.07 Å². The first-order valence-corrected chi connectivity index (χ1v) is 4.97. The van der Waals surface area contributed by atoms with E-state index in [0.29, 0.717) is 0 Å². The lowest BCUT2D eigenvalue weighted by Gasteiger charge is -2.36. The molecule has 0 saturated carbocycles. The molecule has 3 nitrogen and oxygen atoms in total. The highest BCUT2D eigenvalue weighted by Crippen LogP contribution is 2.16. The van der Waals surface area contributed by atoms with E-state index in [-0.39, 0.29) is 12.6 Å². The van der Waals surface area contributed by atoms with Gasteiger partial charge in [0.05, 0.1) is 12.6 Å². The molecule has 1 radical (unpaired) electrons. The first kappa shape index (κ1) is 9.49. The second-order valence-corrected chi connectivity index (χ2v) is 3.48. The van der Waals surface area contributed by atoms with Crippen LogP contribution in [0.1, 0.15) is 0 Å². The quantitative estimate of drug-likeness (QED) is 0.703. The molecule has 2 rings (SSSR count). The molecule has 1 saturated heterocycles. The maximum absolute atomic E-state index is 9.23. The van der Waals surface area contributed by atoms with E-state index < -0.39 is 0 Å². The van der Waals surface area contributed by atoms with E-state index in [1.54, 1.807) is 0 Å². The van der Waals surface area contributed by atoms with Gasteiger partial charge in [0.1, 0.15) is 0 Å². The van der Waals surface area contributed by atoms with Gasteiger partial charge in [0.2, 0.25) is 0 Å². The van der Waals surface area contributed by atoms with E-state index in [9.17, 15) is 5.11 Å². The number of rotatable bonds is 2. The molecule has 1 aromatic rings. The van der Waals surface area contributed by atoms with E-state index >= 15 is 0 Å². The fourth-order valence-electron chi connectivity index (χ4n) is 1.80. The zero-order valence-electron chi connectivity index (χ0n) is 8.11. The molecular formula is C11H15N2O. The average molecular weight is 191 g/mol. The number of piperazine rings is 1. The number of para-hydroxylation sites is 1. The summed E-state index contributed by atoms with van der Waals surface area (Å²) in [7, 11) is 0. The monoisotopic (exact) mass is 191 g/mol. The highest BCUT2D eigenvalue weighted by molar-refractivity contribution is 5.46. The minimum atomic E-state index is 0.183. The van der Waals surface area contributed by atoms with Crippen LogP contribution in [0.3, 0.4) is 0 Å². The van der Waals surface area contributed by atoms with Crippen molar-refractivity contribution in [3.63, 3.8) is 0 Å². The van der Waals surface area contributed by atoms with Gasteiger partial charge in [-0.25, -0.2) is 0 Å². The molecule has 1 aliphatic rings. The molecule has 1 fully saturated rings. The van der Waals surface area contributed by atoms with E-state index in [0.717, 1.165) is 25.3 Å². The molecular weight excluding hydrogens is 176 g/mol. The van der Waals surface area contributed by atoms with Crippen LogP contribution in [0.25, 0.3) is 0 Å². The van der Waals surface area contributed by atoms with Crippen molar-refractivity contribution < 1.29 is 5.11 Å². The summed E-state index contributed by atoms with van der Waals surface area (Å²) in [5.74, 6) is 0. The minimum Gasteiger partial charge on any atom is -0.394 e. The number of aliphatic hydroxyl groups excluding tert-OH is 1. The standard InChI is InChI=1S/C11H15N2O/c14-9-11-8-12-6-7-13(11)10-4-2-1-3-5-10/h1-4,11-12,14H,6-9H2. The smallest absolute Gasteiger partial charge is 0.0647 e. The normalized spacial score (nSPS) is 22.4. The van der Waals surface area contributed by atoms with Crippen LogP contribution >= 0.6 is 0 Å². The zero-order valence-corrected chi connectivity index (χ0v) is 8.11. The maximum atomic E-state index is 9.23. The third-order valence-electron chi connectivity index (χ3n) is 2.56. The molecule has 1 atom stereocenters. The van der Waals surface area contributed by atoms with E-state index in [2.05, 4.69) is 16.3 Å². The summed E-state index contributed by atoms with van der Waals surface area (Å²) in [5.41, 5.74) is 1.08. The molecule has 0 aromatic heterocycles. The van der Waals surface area contributed by atoms with Crippen molar-refractivity contribution >= 4 is 5.69 Å². The number of benzene rings is 1. The number of hydrogen-bond acceptors (Lipinski definition) is 3. The van der Waals surface area contributed by atoms with Crippen LogP contribution in [0.15, 0.2) is 24.3 Å². The molecule has 1 aliphatic heterocycles. The number of nitrogens with zero attached hydrogens (tertiary/aromatic N) is 1. The van der Waals surface area contributed by atoms with Crippen molar-refractivity contribution in [2.24, 2.45) is 0 Å². The lowest BCUT2D eigenvalue weighted by atomic mass is 10.1. The Hall–Kier alpha value is -1.06. The maximum Gasteiger partial charge on any atom is 0.0647 e. The predicted molar refractivity (Wildman–Crippen MR) is 56.4 cm³/mol. The SMILES string of the molecule is OCC1CNCCN1c1[c]cccc1. The van der Waals surface area contributed by atoms with Crippen molar-refractivity contribution in [1.82, 2.24) is 5.32 Å². The molecule has 1 heterocycles. The fraction of sp³-hybridized carbons (Fsp3) is 0.455. The molecule has 2 N–H and O–H groups in total. The number of nitrogens with one attached hydrogen (secondary N) is 1. The Balaban J connectivity index is 2.15. The van der Waals surface area contributed by atoms with Gasteiger partial charge < -0.3 is 15.3 Å². The van der Waals surface area contributed by atoms with Crippen LogP contribution in [0.4, 0.5) is 5.69 Å². The van der Waals surface area contributed by atoms with E-state index in [1.165, 1.54) is 0 Å². The molecule has 1 unspecified atom stereocenters. The van der Waals surface area contributed by atoms with Crippen molar-refractivity contribution in [3.8, 4) is 0 Å². The van der Waals surface area contributed by atoms with Crippen LogP contribution in [0.5, 0.6) is 0 Å². The van der Waals surface area contributed by atoms with Crippen LogP contribution in [-0.2, 0) is 0 Å². The summed E-state index contributed by atoms with van der Waals surface area (Å²) in [6, 6.07) is 11.3. The summed E-state index contributed by atoms with van der Waals surface area (Å²) in [4.78, 5) is 2.20. The van der Waals surface area contributed by atoms with Gasteiger partial charge >= 0.3 is 0 Å². The number of anilines is 1. The Labute approximate surface area is 84.4 Å². The molecule has 0 spiro atoms. The first-order valence-electron chi connectivity index (χ1n) is 4.97. The molecule has 0 amide bonds. The lowest BCUT2D eigenvalue weighted by Crippen LogP contribution is -2.53. The lowest BCUT2D eigenvalue weighted by molar-refractivity contribution is 0.246. The van der Waals surface area contributed by atoms with Crippen molar-refractivity contribution in [2.45, 2.75) is 6.04 Å². The number of aliphatic hydroxyl groups is 1. The molecule has 0 bridgehead atoms. The summed E-state index contributed by atoms with van der Waals surface area (Å²) < 4.78 is 0. The largest absolute Gasteiger partial charge is 0.394 e. The van der Waals surface area contributed by atoms with Crippen molar-refractivity contribution in [2.75, 3.05) is 31.1 Å². The Morgan fingerprint density at radius 3 is 3.21 bits per heavy atom. The topological polar surface area (TPSA) is 35.5 Å². The number of hydrogen-bond donors (Lipinski definition) is 2.